The van der Waals surface area contributed by atoms with Crippen molar-refractivity contribution in [3.63, 3.8) is 0 Å². The zero-order valence-corrected chi connectivity index (χ0v) is 8.93. The van der Waals surface area contributed by atoms with Crippen LogP contribution in [-0.2, 0) is 9.47 Å². The second-order valence-electron chi connectivity index (χ2n) is 3.88. The molecule has 1 fully saturated rings. The minimum atomic E-state index is -1.45. The predicted octanol–water partition coefficient (Wildman–Crippen LogP) is -2.82. The van der Waals surface area contributed by atoms with Gasteiger partial charge in [-0.15, -0.1) is 0 Å². The van der Waals surface area contributed by atoms with Gasteiger partial charge in [0.1, 0.15) is 24.4 Å². The van der Waals surface area contributed by atoms with Gasteiger partial charge in [0, 0.05) is 0 Å². The molecule has 1 rings (SSSR count). The number of hydrogen-bond donors (Lipinski definition) is 5. The molecule has 1 saturated heterocycles. The Kier molecular flexibility index (Phi) is 5.06. The normalized spacial score (nSPS) is 42.0. The molecule has 1 aliphatic rings. The van der Waals surface area contributed by atoms with Crippen LogP contribution in [0.15, 0.2) is 0 Å². The van der Waals surface area contributed by atoms with Crippen LogP contribution in [-0.4, -0.2) is 75.6 Å². The largest absolute Gasteiger partial charge is 0.394 e. The fourth-order valence-electron chi connectivity index (χ4n) is 1.44. The lowest BCUT2D eigenvalue weighted by atomic mass is 9.99. The zero-order chi connectivity index (χ0) is 12.3. The smallest absolute Gasteiger partial charge is 0.186 e. The van der Waals surface area contributed by atoms with Crippen molar-refractivity contribution in [2.45, 2.75) is 43.7 Å². The van der Waals surface area contributed by atoms with E-state index >= 15 is 0 Å². The summed E-state index contributed by atoms with van der Waals surface area (Å²) in [6.45, 7) is 0.909. The Morgan fingerprint density at radius 2 is 1.81 bits per heavy atom. The van der Waals surface area contributed by atoms with Crippen LogP contribution in [0.3, 0.4) is 0 Å². The van der Waals surface area contributed by atoms with Gasteiger partial charge >= 0.3 is 0 Å². The molecule has 0 aromatic rings. The highest BCUT2D eigenvalue weighted by Crippen LogP contribution is 2.21. The van der Waals surface area contributed by atoms with Crippen molar-refractivity contribution < 1.29 is 35.0 Å². The Morgan fingerprint density at radius 1 is 1.19 bits per heavy atom. The van der Waals surface area contributed by atoms with Crippen LogP contribution in [0.5, 0.6) is 0 Å². The molecule has 6 atom stereocenters. The van der Waals surface area contributed by atoms with Crippen LogP contribution in [0, 0.1) is 0 Å². The van der Waals surface area contributed by atoms with Crippen LogP contribution in [0.4, 0.5) is 0 Å². The summed E-state index contributed by atoms with van der Waals surface area (Å²) in [6, 6.07) is 0. The first-order valence-electron chi connectivity index (χ1n) is 5.07. The first-order chi connectivity index (χ1) is 7.47. The molecule has 7 nitrogen and oxygen atoms in total. The molecule has 0 aliphatic carbocycles. The van der Waals surface area contributed by atoms with Gasteiger partial charge in [0.05, 0.1) is 19.3 Å². The maximum atomic E-state index is 9.51. The molecule has 1 heterocycles. The average Bonchev–Trinajstić information content (AvgIpc) is 2.25. The van der Waals surface area contributed by atoms with Crippen LogP contribution in [0.25, 0.3) is 0 Å². The Morgan fingerprint density at radius 3 is 2.31 bits per heavy atom. The molecule has 0 bridgehead atoms. The minimum absolute atomic E-state index is 0.0807. The molecular formula is C9H18O7. The molecule has 5 N–H and O–H groups in total. The van der Waals surface area contributed by atoms with Crippen molar-refractivity contribution in [2.24, 2.45) is 0 Å². The predicted molar refractivity (Wildman–Crippen MR) is 51.4 cm³/mol. The van der Waals surface area contributed by atoms with Crippen molar-refractivity contribution in [2.75, 3.05) is 13.2 Å². The molecule has 7 heteroatoms. The van der Waals surface area contributed by atoms with E-state index < -0.39 is 43.4 Å². The molecule has 0 radical (unpaired) electrons. The molecule has 0 saturated carbocycles. The molecule has 0 aromatic heterocycles. The van der Waals surface area contributed by atoms with E-state index in [1.54, 1.807) is 0 Å². The lowest BCUT2D eigenvalue weighted by Gasteiger charge is -2.39. The molecule has 16 heavy (non-hydrogen) atoms. The van der Waals surface area contributed by atoms with Crippen molar-refractivity contribution in [1.82, 2.24) is 0 Å². The van der Waals surface area contributed by atoms with Crippen molar-refractivity contribution >= 4 is 0 Å². The fourth-order valence-corrected chi connectivity index (χ4v) is 1.44. The Bertz CT molecular complexity index is 208. The van der Waals surface area contributed by atoms with E-state index in [-0.39, 0.29) is 6.61 Å². The van der Waals surface area contributed by atoms with E-state index in [2.05, 4.69) is 0 Å². The molecule has 0 aromatic carbocycles. The molecule has 96 valence electrons. The molecule has 2 unspecified atom stereocenters. The van der Waals surface area contributed by atoms with Crippen LogP contribution in [0.2, 0.25) is 0 Å². The average molecular weight is 238 g/mol. The molecular weight excluding hydrogens is 220 g/mol. The van der Waals surface area contributed by atoms with Crippen LogP contribution < -0.4 is 0 Å². The van der Waals surface area contributed by atoms with E-state index in [4.69, 9.17) is 19.7 Å². The number of rotatable bonds is 4. The first-order valence-corrected chi connectivity index (χ1v) is 5.07. The Labute approximate surface area is 92.9 Å². The number of hydrogen-bond acceptors (Lipinski definition) is 7. The number of ether oxygens (including phenoxy) is 2. The van der Waals surface area contributed by atoms with Gasteiger partial charge < -0.3 is 35.0 Å². The van der Waals surface area contributed by atoms with Gasteiger partial charge in [0.15, 0.2) is 6.29 Å². The lowest BCUT2D eigenvalue weighted by molar-refractivity contribution is -0.304. The molecule has 1 aliphatic heterocycles. The maximum Gasteiger partial charge on any atom is 0.186 e. The monoisotopic (exact) mass is 238 g/mol. The highest BCUT2D eigenvalue weighted by Gasteiger charge is 2.43. The third kappa shape index (κ3) is 3.11. The topological polar surface area (TPSA) is 120 Å². The van der Waals surface area contributed by atoms with Gasteiger partial charge in [-0.05, 0) is 6.92 Å². The van der Waals surface area contributed by atoms with Crippen molar-refractivity contribution in [1.29, 1.82) is 0 Å². The van der Waals surface area contributed by atoms with Gasteiger partial charge in [-0.2, -0.15) is 0 Å². The summed E-state index contributed by atoms with van der Waals surface area (Å²) in [5.41, 5.74) is 0. The summed E-state index contributed by atoms with van der Waals surface area (Å²) in [4.78, 5) is 0. The quantitative estimate of drug-likeness (QED) is 0.358. The van der Waals surface area contributed by atoms with Gasteiger partial charge in [0.2, 0.25) is 0 Å². The first kappa shape index (κ1) is 13.8. The summed E-state index contributed by atoms with van der Waals surface area (Å²) in [7, 11) is 0. The maximum absolute atomic E-state index is 9.51. The van der Waals surface area contributed by atoms with Gasteiger partial charge in [-0.25, -0.2) is 0 Å². The molecule has 0 spiro atoms. The Hall–Kier alpha value is -0.280. The fraction of sp³-hybridized carbons (Fsp3) is 1.00. The van der Waals surface area contributed by atoms with E-state index in [9.17, 15) is 15.3 Å². The van der Waals surface area contributed by atoms with E-state index in [1.807, 2.05) is 0 Å². The second kappa shape index (κ2) is 5.87. The lowest BCUT2D eigenvalue weighted by Crippen LogP contribution is -2.59. The summed E-state index contributed by atoms with van der Waals surface area (Å²) in [5.74, 6) is 0. The SMILES string of the molecule is CC(O)CO[C@@H]1O[C@H](CO)C(O)[C@H](O)[C@H]1O. The standard InChI is InChI=1S/C9H18O7/c1-4(11)3-15-9-8(14)7(13)6(12)5(2-10)16-9/h4-14H,2-3H2,1H3/t4?,5-,6?,7+,8-,9-/m1/s1. The third-order valence-corrected chi connectivity index (χ3v) is 2.35. The van der Waals surface area contributed by atoms with E-state index in [1.165, 1.54) is 6.92 Å². The number of aliphatic hydroxyl groups is 5. The third-order valence-electron chi connectivity index (χ3n) is 2.35. The second-order valence-corrected chi connectivity index (χ2v) is 3.88. The molecule has 0 amide bonds. The minimum Gasteiger partial charge on any atom is -0.394 e. The highest BCUT2D eigenvalue weighted by molar-refractivity contribution is 4.88. The van der Waals surface area contributed by atoms with Gasteiger partial charge in [-0.3, -0.25) is 0 Å². The van der Waals surface area contributed by atoms with E-state index in [0.29, 0.717) is 0 Å². The van der Waals surface area contributed by atoms with E-state index in [0.717, 1.165) is 0 Å². The summed E-state index contributed by atoms with van der Waals surface area (Å²) >= 11 is 0. The summed E-state index contributed by atoms with van der Waals surface area (Å²) < 4.78 is 10.0. The zero-order valence-electron chi connectivity index (χ0n) is 8.93. The van der Waals surface area contributed by atoms with Crippen molar-refractivity contribution in [3.8, 4) is 0 Å². The number of aliphatic hydroxyl groups excluding tert-OH is 5. The highest BCUT2D eigenvalue weighted by atomic mass is 16.7. The Balaban J connectivity index is 2.56. The summed E-state index contributed by atoms with van der Waals surface area (Å²) in [6.07, 6.45) is -7.18. The van der Waals surface area contributed by atoms with Crippen molar-refractivity contribution in [3.05, 3.63) is 0 Å². The van der Waals surface area contributed by atoms with Gasteiger partial charge in [-0.1, -0.05) is 0 Å². The summed E-state index contributed by atoms with van der Waals surface area (Å²) in [5, 5.41) is 46.2. The van der Waals surface area contributed by atoms with Crippen LogP contribution >= 0.6 is 0 Å². The van der Waals surface area contributed by atoms with Gasteiger partial charge in [0.25, 0.3) is 0 Å². The van der Waals surface area contributed by atoms with Crippen LogP contribution in [0.1, 0.15) is 6.92 Å².